The summed E-state index contributed by atoms with van der Waals surface area (Å²) in [7, 11) is 0. The van der Waals surface area contributed by atoms with Crippen molar-refractivity contribution >= 4 is 22.4 Å². The number of carbonyl (C=O) groups is 1. The number of hydrogen-bond acceptors (Lipinski definition) is 3. The number of aromatic amines is 1. The molecule has 1 aliphatic carbocycles. The highest BCUT2D eigenvalue weighted by atomic mass is 16.2. The third-order valence-electron chi connectivity index (χ3n) is 6.61. The normalized spacial score (nSPS) is 20.7. The molecule has 30 heavy (non-hydrogen) atoms. The summed E-state index contributed by atoms with van der Waals surface area (Å²) in [5.74, 6) is 0.0969. The number of nitrogens with zero attached hydrogens (tertiary/aromatic N) is 3. The number of pyridine rings is 1. The molecule has 1 N–H and O–H groups in total. The highest BCUT2D eigenvalue weighted by molar-refractivity contribution is 5.99. The SMILES string of the molecule is CCN(CC)C(=O)C1C=C2c3cccc4[nH]cc(c34)CC2N(Cc2ccccn2)C1. The quantitative estimate of drug-likeness (QED) is 0.707. The van der Waals surface area contributed by atoms with E-state index in [1.54, 1.807) is 0 Å². The Labute approximate surface area is 177 Å². The van der Waals surface area contributed by atoms with E-state index in [1.807, 2.05) is 23.2 Å². The molecule has 3 aromatic rings. The van der Waals surface area contributed by atoms with Crippen LogP contribution in [0.15, 0.2) is 54.9 Å². The first-order valence-corrected chi connectivity index (χ1v) is 10.9. The van der Waals surface area contributed by atoms with Gasteiger partial charge < -0.3 is 9.88 Å². The maximum absolute atomic E-state index is 13.3. The van der Waals surface area contributed by atoms with Gasteiger partial charge in [0.05, 0.1) is 11.6 Å². The summed E-state index contributed by atoms with van der Waals surface area (Å²) in [6.07, 6.45) is 7.21. The molecule has 0 spiro atoms. The summed E-state index contributed by atoms with van der Waals surface area (Å²) in [6.45, 7) is 7.08. The molecule has 3 heterocycles. The Morgan fingerprint density at radius 3 is 2.83 bits per heavy atom. The van der Waals surface area contributed by atoms with Crippen LogP contribution in [-0.2, 0) is 17.8 Å². The Balaban J connectivity index is 1.58. The summed E-state index contributed by atoms with van der Waals surface area (Å²) >= 11 is 0. The van der Waals surface area contributed by atoms with E-state index in [0.717, 1.165) is 38.3 Å². The number of nitrogens with one attached hydrogen (secondary N) is 1. The molecular weight excluding hydrogens is 372 g/mol. The molecule has 5 nitrogen and oxygen atoms in total. The molecule has 1 aliphatic heterocycles. The molecule has 1 amide bonds. The van der Waals surface area contributed by atoms with Gasteiger partial charge in [-0.25, -0.2) is 0 Å². The second-order valence-electron chi connectivity index (χ2n) is 8.25. The van der Waals surface area contributed by atoms with Gasteiger partial charge in [-0.05, 0) is 55.2 Å². The molecule has 2 unspecified atom stereocenters. The molecule has 5 rings (SSSR count). The standard InChI is InChI=1S/C25H28N4O/c1-3-28(4-2)25(30)18-12-21-20-9-7-10-22-24(20)17(14-27-22)13-23(21)29(15-18)16-19-8-5-6-11-26-19/h5-12,14,18,23,27H,3-4,13,15-16H2,1-2H3. The molecule has 0 saturated heterocycles. The largest absolute Gasteiger partial charge is 0.361 e. The zero-order valence-electron chi connectivity index (χ0n) is 17.6. The Morgan fingerprint density at radius 1 is 1.20 bits per heavy atom. The van der Waals surface area contributed by atoms with Crippen molar-refractivity contribution in [1.82, 2.24) is 19.8 Å². The van der Waals surface area contributed by atoms with E-state index in [1.165, 1.54) is 27.6 Å². The predicted octanol–water partition coefficient (Wildman–Crippen LogP) is 3.87. The van der Waals surface area contributed by atoms with Gasteiger partial charge in [0.1, 0.15) is 0 Å². The summed E-state index contributed by atoms with van der Waals surface area (Å²) in [5.41, 5.74) is 6.15. The number of H-pyrrole nitrogens is 1. The number of rotatable bonds is 5. The minimum absolute atomic E-state index is 0.129. The topological polar surface area (TPSA) is 52.2 Å². The van der Waals surface area contributed by atoms with E-state index in [4.69, 9.17) is 0 Å². The molecule has 0 saturated carbocycles. The highest BCUT2D eigenvalue weighted by Gasteiger charge is 2.38. The number of hydrogen-bond donors (Lipinski definition) is 1. The summed E-state index contributed by atoms with van der Waals surface area (Å²) in [6, 6.07) is 12.8. The van der Waals surface area contributed by atoms with E-state index in [2.05, 4.69) is 65.3 Å². The van der Waals surface area contributed by atoms with E-state index in [9.17, 15) is 4.79 Å². The Bertz CT molecular complexity index is 1100. The highest BCUT2D eigenvalue weighted by Crippen LogP contribution is 2.41. The number of aromatic nitrogens is 2. The lowest BCUT2D eigenvalue weighted by Crippen LogP contribution is -2.49. The van der Waals surface area contributed by atoms with Crippen molar-refractivity contribution in [2.24, 2.45) is 5.92 Å². The fraction of sp³-hybridized carbons (Fsp3) is 0.360. The van der Waals surface area contributed by atoms with Crippen LogP contribution in [0.4, 0.5) is 0 Å². The monoisotopic (exact) mass is 400 g/mol. The van der Waals surface area contributed by atoms with Crippen LogP contribution in [0.5, 0.6) is 0 Å². The van der Waals surface area contributed by atoms with Crippen molar-refractivity contribution in [3.05, 3.63) is 71.7 Å². The molecule has 5 heteroatoms. The molecule has 2 atom stereocenters. The lowest BCUT2D eigenvalue weighted by molar-refractivity contribution is -0.134. The molecule has 0 radical (unpaired) electrons. The molecule has 1 aromatic carbocycles. The van der Waals surface area contributed by atoms with Gasteiger partial charge in [0.25, 0.3) is 0 Å². The Kier molecular flexibility index (Phi) is 4.91. The minimum Gasteiger partial charge on any atom is -0.361 e. The van der Waals surface area contributed by atoms with Gasteiger partial charge in [-0.1, -0.05) is 24.3 Å². The van der Waals surface area contributed by atoms with Gasteiger partial charge in [-0.3, -0.25) is 14.7 Å². The van der Waals surface area contributed by atoms with Gasteiger partial charge in [0.2, 0.25) is 5.91 Å². The molecule has 2 aromatic heterocycles. The molecule has 154 valence electrons. The zero-order valence-corrected chi connectivity index (χ0v) is 17.6. The minimum atomic E-state index is -0.129. The maximum atomic E-state index is 13.3. The second-order valence-corrected chi connectivity index (χ2v) is 8.25. The van der Waals surface area contributed by atoms with E-state index in [0.29, 0.717) is 0 Å². The average Bonchev–Trinajstić information content (AvgIpc) is 3.20. The third-order valence-corrected chi connectivity index (χ3v) is 6.61. The first kappa shape index (κ1) is 19.1. The van der Waals surface area contributed by atoms with Crippen molar-refractivity contribution < 1.29 is 4.79 Å². The van der Waals surface area contributed by atoms with Crippen LogP contribution < -0.4 is 0 Å². The lowest BCUT2D eigenvalue weighted by atomic mass is 9.79. The lowest BCUT2D eigenvalue weighted by Gasteiger charge is -2.42. The fourth-order valence-corrected chi connectivity index (χ4v) is 5.12. The average molecular weight is 401 g/mol. The van der Waals surface area contributed by atoms with Gasteiger partial charge in [0.15, 0.2) is 0 Å². The van der Waals surface area contributed by atoms with Crippen molar-refractivity contribution in [1.29, 1.82) is 0 Å². The van der Waals surface area contributed by atoms with Crippen molar-refractivity contribution in [3.8, 4) is 0 Å². The van der Waals surface area contributed by atoms with Crippen LogP contribution in [0.2, 0.25) is 0 Å². The molecular formula is C25H28N4O. The van der Waals surface area contributed by atoms with Crippen LogP contribution in [-0.4, -0.2) is 51.4 Å². The van der Waals surface area contributed by atoms with E-state index < -0.39 is 0 Å². The van der Waals surface area contributed by atoms with E-state index in [-0.39, 0.29) is 17.9 Å². The smallest absolute Gasteiger partial charge is 0.230 e. The van der Waals surface area contributed by atoms with Crippen molar-refractivity contribution in [2.75, 3.05) is 19.6 Å². The number of fused-ring (bicyclic) bond motifs is 2. The molecule has 0 bridgehead atoms. The zero-order chi connectivity index (χ0) is 20.7. The van der Waals surface area contributed by atoms with Gasteiger partial charge in [0, 0.05) is 55.5 Å². The van der Waals surface area contributed by atoms with Crippen molar-refractivity contribution in [2.45, 2.75) is 32.9 Å². The first-order chi connectivity index (χ1) is 14.7. The van der Waals surface area contributed by atoms with Gasteiger partial charge >= 0.3 is 0 Å². The van der Waals surface area contributed by atoms with Crippen LogP contribution in [0, 0.1) is 5.92 Å². The van der Waals surface area contributed by atoms with Gasteiger partial charge in [-0.15, -0.1) is 0 Å². The van der Waals surface area contributed by atoms with Crippen LogP contribution in [0.1, 0.15) is 30.7 Å². The van der Waals surface area contributed by atoms with Crippen LogP contribution >= 0.6 is 0 Å². The van der Waals surface area contributed by atoms with Gasteiger partial charge in [-0.2, -0.15) is 0 Å². The first-order valence-electron chi connectivity index (χ1n) is 10.9. The van der Waals surface area contributed by atoms with Crippen LogP contribution in [0.25, 0.3) is 16.5 Å². The summed E-state index contributed by atoms with van der Waals surface area (Å²) < 4.78 is 0. The Morgan fingerprint density at radius 2 is 2.07 bits per heavy atom. The second kappa shape index (κ2) is 7.73. The van der Waals surface area contributed by atoms with Crippen LogP contribution in [0.3, 0.4) is 0 Å². The molecule has 2 aliphatic rings. The van der Waals surface area contributed by atoms with Crippen molar-refractivity contribution in [3.63, 3.8) is 0 Å². The number of amides is 1. The molecule has 0 fully saturated rings. The third kappa shape index (κ3) is 3.14. The summed E-state index contributed by atoms with van der Waals surface area (Å²) in [4.78, 5) is 25.7. The Hall–Kier alpha value is -2.92. The maximum Gasteiger partial charge on any atom is 0.230 e. The predicted molar refractivity (Wildman–Crippen MR) is 120 cm³/mol. The van der Waals surface area contributed by atoms with E-state index >= 15 is 0 Å². The summed E-state index contributed by atoms with van der Waals surface area (Å²) in [5, 5.41) is 1.31. The fourth-order valence-electron chi connectivity index (χ4n) is 5.12. The number of benzene rings is 1. The number of carbonyl (C=O) groups excluding carboxylic acids is 1.